The van der Waals surface area contributed by atoms with Crippen LogP contribution in [0.15, 0.2) is 37.0 Å². The van der Waals surface area contributed by atoms with E-state index in [0.717, 1.165) is 25.8 Å². The highest BCUT2D eigenvalue weighted by Crippen LogP contribution is 1.98. The maximum atomic E-state index is 5.36. The standard InChI is InChI=1S/C10H19N.C2H4/c1-3-7-10(2)8-5-4-6-9-11;1-2/h5,7-8H,3-4,6,9,11H2,1-2H3;1-2H2/b8-5-,10-7-;. The second kappa shape index (κ2) is 13.7. The van der Waals surface area contributed by atoms with Gasteiger partial charge >= 0.3 is 0 Å². The van der Waals surface area contributed by atoms with Gasteiger partial charge in [0.1, 0.15) is 0 Å². The normalized spacial score (nSPS) is 11.2. The van der Waals surface area contributed by atoms with Crippen molar-refractivity contribution in [1.82, 2.24) is 0 Å². The summed E-state index contributed by atoms with van der Waals surface area (Å²) in [7, 11) is 0. The minimum absolute atomic E-state index is 0.793. The van der Waals surface area contributed by atoms with Crippen LogP contribution in [0, 0.1) is 0 Å². The van der Waals surface area contributed by atoms with E-state index in [1.54, 1.807) is 0 Å². The molecule has 0 aliphatic heterocycles. The predicted octanol–water partition coefficient (Wildman–Crippen LogP) is 3.44. The van der Waals surface area contributed by atoms with Gasteiger partial charge in [0.25, 0.3) is 0 Å². The average Bonchev–Trinajstić information content (AvgIpc) is 2.16. The van der Waals surface area contributed by atoms with E-state index in [0.29, 0.717) is 0 Å². The van der Waals surface area contributed by atoms with Crippen molar-refractivity contribution >= 4 is 0 Å². The zero-order valence-electron chi connectivity index (χ0n) is 9.05. The number of nitrogens with two attached hydrogens (primary N) is 1. The van der Waals surface area contributed by atoms with Crippen LogP contribution in [-0.4, -0.2) is 6.54 Å². The lowest BCUT2D eigenvalue weighted by Crippen LogP contribution is -1.96. The summed E-state index contributed by atoms with van der Waals surface area (Å²) in [4.78, 5) is 0. The molecule has 0 spiro atoms. The van der Waals surface area contributed by atoms with E-state index in [9.17, 15) is 0 Å². The van der Waals surface area contributed by atoms with Crippen molar-refractivity contribution in [2.75, 3.05) is 6.54 Å². The molecule has 0 aromatic heterocycles. The van der Waals surface area contributed by atoms with Crippen LogP contribution in [0.25, 0.3) is 0 Å². The average molecular weight is 181 g/mol. The van der Waals surface area contributed by atoms with Crippen LogP contribution >= 0.6 is 0 Å². The summed E-state index contributed by atoms with van der Waals surface area (Å²) >= 11 is 0. The summed E-state index contributed by atoms with van der Waals surface area (Å²) in [6.07, 6.45) is 9.89. The van der Waals surface area contributed by atoms with Gasteiger partial charge in [0.05, 0.1) is 0 Å². The second-order valence-corrected chi connectivity index (χ2v) is 2.69. The predicted molar refractivity (Wildman–Crippen MR) is 62.7 cm³/mol. The Kier molecular flexibility index (Phi) is 15.5. The minimum Gasteiger partial charge on any atom is -0.330 e. The molecule has 0 saturated heterocycles. The molecule has 0 aliphatic carbocycles. The van der Waals surface area contributed by atoms with E-state index in [1.165, 1.54) is 5.57 Å². The van der Waals surface area contributed by atoms with Crippen molar-refractivity contribution in [2.45, 2.75) is 33.1 Å². The lowest BCUT2D eigenvalue weighted by atomic mass is 10.2. The summed E-state index contributed by atoms with van der Waals surface area (Å²) in [6, 6.07) is 0. The Morgan fingerprint density at radius 3 is 2.46 bits per heavy atom. The van der Waals surface area contributed by atoms with Crippen molar-refractivity contribution in [3.05, 3.63) is 37.0 Å². The Labute approximate surface area is 83.0 Å². The van der Waals surface area contributed by atoms with E-state index < -0.39 is 0 Å². The molecule has 76 valence electrons. The van der Waals surface area contributed by atoms with Crippen LogP contribution in [-0.2, 0) is 0 Å². The molecule has 0 fully saturated rings. The highest BCUT2D eigenvalue weighted by atomic mass is 14.5. The molecule has 0 radical (unpaired) electrons. The van der Waals surface area contributed by atoms with Crippen LogP contribution < -0.4 is 5.73 Å². The number of hydrogen-bond acceptors (Lipinski definition) is 1. The summed E-state index contributed by atoms with van der Waals surface area (Å²) < 4.78 is 0. The molecule has 0 aliphatic rings. The van der Waals surface area contributed by atoms with E-state index in [4.69, 9.17) is 5.73 Å². The maximum absolute atomic E-state index is 5.36. The van der Waals surface area contributed by atoms with Crippen molar-refractivity contribution in [3.8, 4) is 0 Å². The lowest BCUT2D eigenvalue weighted by molar-refractivity contribution is 0.854. The first kappa shape index (κ1) is 14.7. The number of allylic oxidation sites excluding steroid dienone is 4. The minimum atomic E-state index is 0.793. The summed E-state index contributed by atoms with van der Waals surface area (Å²) in [5.41, 5.74) is 6.71. The molecular weight excluding hydrogens is 158 g/mol. The lowest BCUT2D eigenvalue weighted by Gasteiger charge is -1.90. The van der Waals surface area contributed by atoms with Crippen LogP contribution in [0.1, 0.15) is 33.1 Å². The fourth-order valence-electron chi connectivity index (χ4n) is 0.895. The maximum Gasteiger partial charge on any atom is -0.00743 e. The second-order valence-electron chi connectivity index (χ2n) is 2.69. The van der Waals surface area contributed by atoms with Gasteiger partial charge in [-0.15, -0.1) is 13.2 Å². The number of unbranched alkanes of at least 4 members (excludes halogenated alkanes) is 1. The van der Waals surface area contributed by atoms with Crippen molar-refractivity contribution < 1.29 is 0 Å². The number of rotatable bonds is 5. The highest BCUT2D eigenvalue weighted by Gasteiger charge is 1.80. The van der Waals surface area contributed by atoms with Gasteiger partial charge in [0, 0.05) is 0 Å². The Morgan fingerprint density at radius 2 is 2.00 bits per heavy atom. The molecule has 0 heterocycles. The van der Waals surface area contributed by atoms with E-state index in [-0.39, 0.29) is 0 Å². The third kappa shape index (κ3) is 14.1. The third-order valence-electron chi connectivity index (χ3n) is 1.48. The van der Waals surface area contributed by atoms with Crippen molar-refractivity contribution in [1.29, 1.82) is 0 Å². The largest absolute Gasteiger partial charge is 0.330 e. The molecule has 1 nitrogen and oxygen atoms in total. The first-order valence-electron chi connectivity index (χ1n) is 4.84. The van der Waals surface area contributed by atoms with Crippen LogP contribution in [0.3, 0.4) is 0 Å². The molecule has 0 atom stereocenters. The fourth-order valence-corrected chi connectivity index (χ4v) is 0.895. The first-order chi connectivity index (χ1) is 6.31. The molecule has 0 amide bonds. The molecule has 0 rings (SSSR count). The highest BCUT2D eigenvalue weighted by molar-refractivity contribution is 5.15. The monoisotopic (exact) mass is 181 g/mol. The summed E-state index contributed by atoms with van der Waals surface area (Å²) in [5, 5.41) is 0. The van der Waals surface area contributed by atoms with Crippen LogP contribution in [0.2, 0.25) is 0 Å². The molecule has 0 bridgehead atoms. The van der Waals surface area contributed by atoms with Gasteiger partial charge in [-0.3, -0.25) is 0 Å². The van der Waals surface area contributed by atoms with Gasteiger partial charge in [-0.2, -0.15) is 0 Å². The van der Waals surface area contributed by atoms with Crippen LogP contribution in [0.5, 0.6) is 0 Å². The Balaban J connectivity index is 0. The Morgan fingerprint density at radius 1 is 1.38 bits per heavy atom. The zero-order chi connectivity index (χ0) is 10.5. The van der Waals surface area contributed by atoms with Gasteiger partial charge in [-0.25, -0.2) is 0 Å². The van der Waals surface area contributed by atoms with Gasteiger partial charge in [-0.05, 0) is 32.7 Å². The first-order valence-corrected chi connectivity index (χ1v) is 4.84. The summed E-state index contributed by atoms with van der Waals surface area (Å²) in [6.45, 7) is 11.1. The quantitative estimate of drug-likeness (QED) is 0.392. The fraction of sp³-hybridized carbons (Fsp3) is 0.500. The molecule has 0 aromatic carbocycles. The van der Waals surface area contributed by atoms with Crippen molar-refractivity contribution in [2.24, 2.45) is 5.73 Å². The molecule has 0 aromatic rings. The van der Waals surface area contributed by atoms with Gasteiger partial charge < -0.3 is 5.73 Å². The third-order valence-corrected chi connectivity index (χ3v) is 1.48. The SMILES string of the molecule is C=C.CC/C=C(C)\C=C/CCCN. The zero-order valence-corrected chi connectivity index (χ0v) is 9.05. The molecule has 2 N–H and O–H groups in total. The van der Waals surface area contributed by atoms with Gasteiger partial charge in [0.2, 0.25) is 0 Å². The van der Waals surface area contributed by atoms with Gasteiger partial charge in [-0.1, -0.05) is 30.7 Å². The Bertz CT molecular complexity index is 145. The molecule has 0 saturated carbocycles. The topological polar surface area (TPSA) is 26.0 Å². The number of hydrogen-bond donors (Lipinski definition) is 1. The van der Waals surface area contributed by atoms with Crippen molar-refractivity contribution in [3.63, 3.8) is 0 Å². The van der Waals surface area contributed by atoms with E-state index in [2.05, 4.69) is 45.2 Å². The Hall–Kier alpha value is -0.820. The smallest absolute Gasteiger partial charge is 0.00743 e. The molecular formula is C12H23N. The van der Waals surface area contributed by atoms with Gasteiger partial charge in [0.15, 0.2) is 0 Å². The molecule has 13 heavy (non-hydrogen) atoms. The molecule has 0 unspecified atom stereocenters. The summed E-state index contributed by atoms with van der Waals surface area (Å²) in [5.74, 6) is 0. The molecule has 1 heteroatoms. The van der Waals surface area contributed by atoms with E-state index >= 15 is 0 Å². The van der Waals surface area contributed by atoms with Crippen LogP contribution in [0.4, 0.5) is 0 Å². The van der Waals surface area contributed by atoms with E-state index in [1.807, 2.05) is 0 Å².